The highest BCUT2D eigenvalue weighted by atomic mass is 79.9. The lowest BCUT2D eigenvalue weighted by Gasteiger charge is -2.26. The predicted molar refractivity (Wildman–Crippen MR) is 172 cm³/mol. The van der Waals surface area contributed by atoms with Crippen LogP contribution in [0.4, 0.5) is 0 Å². The smallest absolute Gasteiger partial charge is 0.338 e. The molecule has 2 aromatic carbocycles. The minimum atomic E-state index is -0.816. The van der Waals surface area contributed by atoms with Crippen molar-refractivity contribution >= 4 is 39.3 Å². The standard InChI is InChI=1S/C33H34BrN3O5S/c1-9-42-32(39)27-20(5)35-33-37(29(27)24-11-10-12-25(40-7)30(24)41-8)31(38)26(43-33)16-22-15-19(4)36(21(22)6)23-13-17(2)28(34)18(3)14-23/h10-16,29H,9H2,1-8H3/b26-16-. The van der Waals surface area contributed by atoms with Crippen LogP contribution in [0.15, 0.2) is 61.9 Å². The number of carbonyl (C=O) groups excluding carboxylic acids is 1. The van der Waals surface area contributed by atoms with Gasteiger partial charge in [-0.2, -0.15) is 0 Å². The highest BCUT2D eigenvalue weighted by molar-refractivity contribution is 9.10. The van der Waals surface area contributed by atoms with E-state index in [4.69, 9.17) is 19.2 Å². The second kappa shape index (κ2) is 12.0. The van der Waals surface area contributed by atoms with Gasteiger partial charge in [-0.05, 0) is 88.6 Å². The van der Waals surface area contributed by atoms with Crippen molar-refractivity contribution in [3.63, 3.8) is 0 Å². The Bertz CT molecular complexity index is 1960. The first-order valence-corrected chi connectivity index (χ1v) is 15.5. The fourth-order valence-electron chi connectivity index (χ4n) is 5.74. The number of esters is 1. The van der Waals surface area contributed by atoms with Crippen LogP contribution in [0.3, 0.4) is 0 Å². The van der Waals surface area contributed by atoms with E-state index in [0.29, 0.717) is 32.1 Å². The summed E-state index contributed by atoms with van der Waals surface area (Å²) >= 11 is 4.96. The van der Waals surface area contributed by atoms with E-state index in [-0.39, 0.29) is 17.7 Å². The molecule has 0 saturated heterocycles. The summed E-state index contributed by atoms with van der Waals surface area (Å²) in [4.78, 5) is 32.7. The first-order chi connectivity index (χ1) is 20.5. The molecule has 43 heavy (non-hydrogen) atoms. The summed E-state index contributed by atoms with van der Waals surface area (Å²) in [5, 5.41) is 0. The van der Waals surface area contributed by atoms with Crippen molar-refractivity contribution in [1.82, 2.24) is 9.13 Å². The fraction of sp³-hybridized carbons (Fsp3) is 0.303. The second-order valence-corrected chi connectivity index (χ2v) is 12.2. The number of fused-ring (bicyclic) bond motifs is 1. The van der Waals surface area contributed by atoms with Gasteiger partial charge in [-0.3, -0.25) is 9.36 Å². The van der Waals surface area contributed by atoms with Gasteiger partial charge in [0.15, 0.2) is 16.3 Å². The molecule has 1 aliphatic heterocycles. The molecule has 5 rings (SSSR count). The van der Waals surface area contributed by atoms with Crippen LogP contribution in [0.2, 0.25) is 0 Å². The molecule has 10 heteroatoms. The molecular formula is C33H34BrN3O5S. The summed E-state index contributed by atoms with van der Waals surface area (Å²) in [6.07, 6.45) is 1.91. The van der Waals surface area contributed by atoms with E-state index in [0.717, 1.165) is 38.2 Å². The first kappa shape index (κ1) is 30.6. The molecule has 0 radical (unpaired) electrons. The second-order valence-electron chi connectivity index (χ2n) is 10.4. The number of aryl methyl sites for hydroxylation is 3. The minimum Gasteiger partial charge on any atom is -0.493 e. The van der Waals surface area contributed by atoms with E-state index in [1.807, 2.05) is 18.2 Å². The number of halogens is 1. The molecule has 0 amide bonds. The molecule has 0 saturated carbocycles. The van der Waals surface area contributed by atoms with Crippen molar-refractivity contribution < 1.29 is 19.0 Å². The molecule has 1 atom stereocenters. The van der Waals surface area contributed by atoms with Crippen LogP contribution in [0.25, 0.3) is 11.8 Å². The van der Waals surface area contributed by atoms with Gasteiger partial charge in [0.2, 0.25) is 0 Å². The summed E-state index contributed by atoms with van der Waals surface area (Å²) in [5.74, 6) is 0.395. The van der Waals surface area contributed by atoms with Gasteiger partial charge in [-0.15, -0.1) is 0 Å². The maximum atomic E-state index is 14.2. The van der Waals surface area contributed by atoms with Gasteiger partial charge in [0, 0.05) is 27.1 Å². The van der Waals surface area contributed by atoms with Crippen molar-refractivity contribution in [2.24, 2.45) is 4.99 Å². The SMILES string of the molecule is CCOC(=O)C1=C(C)N=c2s/c(=C\c3cc(C)n(-c4cc(C)c(Br)c(C)c4)c3C)c(=O)n2C1c1cccc(OC)c1OC. The number of para-hydroxylation sites is 1. The number of hydrogen-bond donors (Lipinski definition) is 0. The van der Waals surface area contributed by atoms with Crippen LogP contribution in [0.1, 0.15) is 53.5 Å². The number of aromatic nitrogens is 2. The third-order valence-electron chi connectivity index (χ3n) is 7.68. The highest BCUT2D eigenvalue weighted by Crippen LogP contribution is 2.40. The number of allylic oxidation sites excluding steroid dienone is 1. The molecule has 0 N–H and O–H groups in total. The Balaban J connectivity index is 1.73. The van der Waals surface area contributed by atoms with Gasteiger partial charge >= 0.3 is 5.97 Å². The van der Waals surface area contributed by atoms with Gasteiger partial charge in [0.25, 0.3) is 5.56 Å². The number of ether oxygens (including phenoxy) is 3. The van der Waals surface area contributed by atoms with Crippen molar-refractivity contribution in [3.8, 4) is 17.2 Å². The maximum absolute atomic E-state index is 14.2. The van der Waals surface area contributed by atoms with E-state index in [9.17, 15) is 9.59 Å². The number of rotatable bonds is 7. The number of carbonyl (C=O) groups is 1. The largest absolute Gasteiger partial charge is 0.493 e. The van der Waals surface area contributed by atoms with Crippen LogP contribution < -0.4 is 24.4 Å². The summed E-state index contributed by atoms with van der Waals surface area (Å²) in [6, 6.07) is 11.0. The van der Waals surface area contributed by atoms with Gasteiger partial charge in [0.1, 0.15) is 6.04 Å². The zero-order valence-electron chi connectivity index (χ0n) is 25.5. The number of benzene rings is 2. The third kappa shape index (κ3) is 5.27. The fourth-order valence-corrected chi connectivity index (χ4v) is 7.00. The number of thiazole rings is 1. The summed E-state index contributed by atoms with van der Waals surface area (Å²) < 4.78 is 22.1. The summed E-state index contributed by atoms with van der Waals surface area (Å²) in [5.41, 5.74) is 7.48. The number of methoxy groups -OCH3 is 2. The molecule has 0 aliphatic carbocycles. The third-order valence-corrected chi connectivity index (χ3v) is 9.92. The van der Waals surface area contributed by atoms with E-state index in [1.165, 1.54) is 18.4 Å². The molecule has 2 aromatic heterocycles. The van der Waals surface area contributed by atoms with Crippen molar-refractivity contribution in [2.45, 2.75) is 47.6 Å². The Morgan fingerprint density at radius 3 is 2.40 bits per heavy atom. The monoisotopic (exact) mass is 663 g/mol. The minimum absolute atomic E-state index is 0.190. The van der Waals surface area contributed by atoms with E-state index in [1.54, 1.807) is 31.6 Å². The van der Waals surface area contributed by atoms with E-state index in [2.05, 4.69) is 66.4 Å². The lowest BCUT2D eigenvalue weighted by Crippen LogP contribution is -2.40. The highest BCUT2D eigenvalue weighted by Gasteiger charge is 2.36. The summed E-state index contributed by atoms with van der Waals surface area (Å²) in [6.45, 7) is 12.0. The molecule has 8 nitrogen and oxygen atoms in total. The molecule has 0 bridgehead atoms. The van der Waals surface area contributed by atoms with Gasteiger partial charge in [0.05, 0.1) is 36.6 Å². The van der Waals surface area contributed by atoms with Crippen LogP contribution in [0.5, 0.6) is 11.5 Å². The topological polar surface area (TPSA) is 84.1 Å². The average Bonchev–Trinajstić information content (AvgIpc) is 3.43. The lowest BCUT2D eigenvalue weighted by atomic mass is 9.94. The Kier molecular flexibility index (Phi) is 8.54. The summed E-state index contributed by atoms with van der Waals surface area (Å²) in [7, 11) is 3.09. The lowest BCUT2D eigenvalue weighted by molar-refractivity contribution is -0.139. The molecule has 3 heterocycles. The van der Waals surface area contributed by atoms with Crippen molar-refractivity contribution in [1.29, 1.82) is 0 Å². The van der Waals surface area contributed by atoms with Gasteiger partial charge in [-0.25, -0.2) is 9.79 Å². The molecular weight excluding hydrogens is 630 g/mol. The number of hydrogen-bond acceptors (Lipinski definition) is 7. The predicted octanol–water partition coefficient (Wildman–Crippen LogP) is 5.60. The zero-order chi connectivity index (χ0) is 31.2. The number of nitrogens with zero attached hydrogens (tertiary/aromatic N) is 3. The molecule has 0 spiro atoms. The molecule has 1 aliphatic rings. The normalized spacial score (nSPS) is 14.9. The Hall–Kier alpha value is -3.89. The van der Waals surface area contributed by atoms with Crippen LogP contribution in [-0.4, -0.2) is 35.9 Å². The average molecular weight is 665 g/mol. The van der Waals surface area contributed by atoms with Crippen LogP contribution >= 0.6 is 27.3 Å². The zero-order valence-corrected chi connectivity index (χ0v) is 27.9. The van der Waals surface area contributed by atoms with E-state index >= 15 is 0 Å². The first-order valence-electron chi connectivity index (χ1n) is 13.9. The van der Waals surface area contributed by atoms with Gasteiger partial charge in [-0.1, -0.05) is 39.4 Å². The molecule has 4 aromatic rings. The van der Waals surface area contributed by atoms with Crippen molar-refractivity contribution in [3.05, 3.63) is 105 Å². The van der Waals surface area contributed by atoms with Crippen LogP contribution in [-0.2, 0) is 9.53 Å². The Labute approximate surface area is 262 Å². The van der Waals surface area contributed by atoms with Crippen LogP contribution in [0, 0.1) is 27.7 Å². The molecule has 1 unspecified atom stereocenters. The van der Waals surface area contributed by atoms with Gasteiger partial charge < -0.3 is 18.8 Å². The maximum Gasteiger partial charge on any atom is 0.338 e. The Morgan fingerprint density at radius 1 is 1.07 bits per heavy atom. The van der Waals surface area contributed by atoms with Crippen molar-refractivity contribution in [2.75, 3.05) is 20.8 Å². The van der Waals surface area contributed by atoms with E-state index < -0.39 is 12.0 Å². The molecule has 0 fully saturated rings. The Morgan fingerprint density at radius 2 is 1.77 bits per heavy atom. The quantitative estimate of drug-likeness (QED) is 0.240. The molecule has 224 valence electrons.